The first kappa shape index (κ1) is 78.1. The van der Waals surface area contributed by atoms with Crippen molar-refractivity contribution in [1.29, 1.82) is 0 Å². The third-order valence-electron chi connectivity index (χ3n) is 32.8. The predicted molar refractivity (Wildman–Crippen MR) is 586 cm³/mol. The van der Waals surface area contributed by atoms with Crippen LogP contribution in [-0.2, 0) is 23.7 Å². The van der Waals surface area contributed by atoms with Gasteiger partial charge in [0.15, 0.2) is 8.07 Å². The second kappa shape index (κ2) is 29.5. The van der Waals surface area contributed by atoms with Crippen LogP contribution < -0.4 is 20.7 Å². The molecule has 22 aromatic carbocycles. The molecule has 0 amide bonds. The van der Waals surface area contributed by atoms with Crippen molar-refractivity contribution in [3.05, 3.63) is 546 Å². The van der Waals surface area contributed by atoms with E-state index in [0.29, 0.717) is 0 Å². The van der Waals surface area contributed by atoms with E-state index in [1.165, 1.54) is 263 Å². The van der Waals surface area contributed by atoms with E-state index in [4.69, 9.17) is 4.42 Å². The van der Waals surface area contributed by atoms with Crippen molar-refractivity contribution in [2.45, 2.75) is 23.7 Å². The molecule has 2 nitrogen and oxygen atoms in total. The molecule has 25 aromatic rings. The average Bonchev–Trinajstić information content (AvgIpc) is 1.51. The van der Waals surface area contributed by atoms with Gasteiger partial charge in [-0.15, -0.1) is 11.3 Å². The van der Waals surface area contributed by atoms with Crippen LogP contribution in [0, 0.1) is 0 Å². The molecule has 2 unspecified atom stereocenters. The van der Waals surface area contributed by atoms with Crippen molar-refractivity contribution in [3.8, 4) is 139 Å². The van der Waals surface area contributed by atoms with E-state index in [1.807, 2.05) is 17.4 Å². The zero-order chi connectivity index (χ0) is 91.4. The first-order chi connectivity index (χ1) is 69.4. The van der Waals surface area contributed by atoms with E-state index < -0.39 is 13.5 Å². The number of thiophene rings is 1. The quantitative estimate of drug-likeness (QED) is 0.157. The first-order valence-corrected chi connectivity index (χ1v) is 51.9. The standard InChI is InChI=1S/C50H31N.C49H28OS.C37H24Si/c1-2-13-34-31(12-1)28-41-35(18-11-19-36(34)41)32-24-26-46-42(29-32)37-14-3-7-20-44(37)50(46)45-21-8-4-15-38(45)43-30-33(25-27-47(43)50)51-48-22-9-5-16-39(48)40-17-6-10-23-49(40)51;1-5-19-41-33(11-1)39-27-29(31-15-9-17-37-35-13-3-7-21-45(35)50-47(31)37)23-25-43(39)49(41)42-20-6-2-12-34(42)40-28-30(24-26-44(40)49)32-16-10-18-38-36-14-4-8-22-46(36)51-48(32)38;1-2-11-26-24(10-1)22-32-27(15-9-16-28(26)32)25-20-21-37-33(23-25)31-14-5-8-19-36(31)38(37)34-17-6-3-12-29(34)30-13-4-7-18-35(30)38/h1-27,29-30H,28H2;1-28H;1-21,23H,22H2. The van der Waals surface area contributed by atoms with E-state index in [0.717, 1.165) is 40.3 Å². The number of para-hydroxylation sites is 4. The summed E-state index contributed by atoms with van der Waals surface area (Å²) in [7, 11) is -2.35. The van der Waals surface area contributed by atoms with Gasteiger partial charge >= 0.3 is 0 Å². The molecule has 0 saturated heterocycles. The molecular formula is C136H83NOSSi. The Morgan fingerprint density at radius 3 is 1.08 bits per heavy atom. The highest BCUT2D eigenvalue weighted by atomic mass is 32.1. The lowest BCUT2D eigenvalue weighted by Gasteiger charge is -2.30. The van der Waals surface area contributed by atoms with Crippen LogP contribution in [0.1, 0.15) is 66.8 Å². The highest BCUT2D eigenvalue weighted by molar-refractivity contribution is 7.26. The number of benzene rings is 22. The van der Waals surface area contributed by atoms with Gasteiger partial charge in [-0.2, -0.15) is 0 Å². The topological polar surface area (TPSA) is 18.1 Å². The molecule has 0 N–H and O–H groups in total. The Bertz CT molecular complexity index is 9460. The van der Waals surface area contributed by atoms with Gasteiger partial charge in [0.05, 0.1) is 21.9 Å². The van der Waals surface area contributed by atoms with E-state index in [-0.39, 0.29) is 5.41 Å². The number of hydrogen-bond donors (Lipinski definition) is 0. The van der Waals surface area contributed by atoms with E-state index >= 15 is 0 Å². The van der Waals surface area contributed by atoms with Crippen LogP contribution in [0.3, 0.4) is 0 Å². The Labute approximate surface area is 815 Å². The minimum atomic E-state index is -2.35. The minimum absolute atomic E-state index is 0.384. The molecule has 0 fully saturated rings. The third-order valence-corrected chi connectivity index (χ3v) is 38.9. The maximum Gasteiger partial charge on any atom is 0.182 e. The number of hydrogen-bond acceptors (Lipinski definition) is 2. The van der Waals surface area contributed by atoms with Gasteiger partial charge in [-0.3, -0.25) is 0 Å². The number of aromatic nitrogens is 1. The molecule has 2 aliphatic heterocycles. The van der Waals surface area contributed by atoms with Crippen molar-refractivity contribution in [3.63, 3.8) is 0 Å². The Balaban J connectivity index is 0.0000000980. The highest BCUT2D eigenvalue weighted by Gasteiger charge is 2.56. The molecule has 6 aliphatic carbocycles. The van der Waals surface area contributed by atoms with Crippen LogP contribution >= 0.6 is 11.3 Å². The van der Waals surface area contributed by atoms with Crippen LogP contribution in [0.2, 0.25) is 0 Å². The van der Waals surface area contributed by atoms with Gasteiger partial charge in [0.2, 0.25) is 0 Å². The number of furan rings is 1. The maximum absolute atomic E-state index is 6.51. The third kappa shape index (κ3) is 10.5. The molecule has 4 heteroatoms. The molecular weight excluding hydrogens is 1720 g/mol. The summed E-state index contributed by atoms with van der Waals surface area (Å²) in [5.74, 6) is 0. The molecule has 8 aliphatic rings. The van der Waals surface area contributed by atoms with Crippen LogP contribution in [0.25, 0.3) is 203 Å². The summed E-state index contributed by atoms with van der Waals surface area (Å²) in [6, 6.07) is 180. The highest BCUT2D eigenvalue weighted by Crippen LogP contribution is 2.66. The SMILES string of the molecule is c1ccc2c(c1)-c1cc(-c3cccc4c3oc3ccccc34)ccc1C21c2ccccc2-c2cc(-c3cccc4c3sc3ccccc34)ccc21.c1ccc2c(c1)Cc1c(-c3ccc4c(c3)-c3ccccc3C43c4ccccc4-c4cc(-n5c6ccccc6c6ccccc65)ccc43)cccc1-2.c1ccc2c(c1)Cc1c(-c3ccc4c(c3)-c3ccccc3[Si]43c4ccccc4-c4ccccc43)cccc1-2. The van der Waals surface area contributed by atoms with Gasteiger partial charge in [-0.05, 0) is 289 Å². The van der Waals surface area contributed by atoms with E-state index in [2.05, 4.69) is 478 Å². The van der Waals surface area contributed by atoms with Crippen molar-refractivity contribution < 1.29 is 4.42 Å². The van der Waals surface area contributed by atoms with Crippen molar-refractivity contribution in [2.75, 3.05) is 0 Å². The number of nitrogens with zero attached hydrogens (tertiary/aromatic N) is 1. The molecule has 3 aromatic heterocycles. The summed E-state index contributed by atoms with van der Waals surface area (Å²) in [5, 5.41) is 13.7. The monoisotopic (exact) mass is 1810 g/mol. The maximum atomic E-state index is 6.51. The van der Waals surface area contributed by atoms with Crippen LogP contribution in [0.5, 0.6) is 0 Å². The molecule has 140 heavy (non-hydrogen) atoms. The average molecular weight is 1810 g/mol. The fourth-order valence-corrected chi connectivity index (χ4v) is 34.0. The van der Waals surface area contributed by atoms with E-state index in [1.54, 1.807) is 0 Å². The molecule has 0 bridgehead atoms. The molecule has 0 saturated carbocycles. The van der Waals surface area contributed by atoms with Gasteiger partial charge in [0.1, 0.15) is 11.2 Å². The second-order valence-corrected chi connectivity index (χ2v) is 43.8. The zero-order valence-corrected chi connectivity index (χ0v) is 78.1. The summed E-state index contributed by atoms with van der Waals surface area (Å²) in [6.07, 6.45) is 1.99. The number of rotatable bonds is 5. The fraction of sp³-hybridized carbons (Fsp3) is 0.0294. The largest absolute Gasteiger partial charge is 0.455 e. The lowest BCUT2D eigenvalue weighted by molar-refractivity contribution is 0.670. The zero-order valence-electron chi connectivity index (χ0n) is 76.3. The molecule has 0 radical (unpaired) electrons. The summed E-state index contributed by atoms with van der Waals surface area (Å²) in [4.78, 5) is 0. The summed E-state index contributed by atoms with van der Waals surface area (Å²) >= 11 is 1.90. The molecule has 3 spiro atoms. The van der Waals surface area contributed by atoms with Gasteiger partial charge < -0.3 is 8.98 Å². The summed E-state index contributed by atoms with van der Waals surface area (Å²) < 4.78 is 11.6. The molecule has 648 valence electrons. The summed E-state index contributed by atoms with van der Waals surface area (Å²) in [6.45, 7) is 0. The first-order valence-electron chi connectivity index (χ1n) is 49.1. The Morgan fingerprint density at radius 1 is 0.214 bits per heavy atom. The normalized spacial score (nSPS) is 15.3. The van der Waals surface area contributed by atoms with Crippen molar-refractivity contribution >= 4 is 104 Å². The van der Waals surface area contributed by atoms with Gasteiger partial charge in [-0.25, -0.2) is 0 Å². The lowest BCUT2D eigenvalue weighted by Crippen LogP contribution is -2.70. The van der Waals surface area contributed by atoms with Crippen LogP contribution in [-0.4, -0.2) is 12.6 Å². The number of fused-ring (bicyclic) bond motifs is 45. The van der Waals surface area contributed by atoms with Crippen molar-refractivity contribution in [2.24, 2.45) is 0 Å². The van der Waals surface area contributed by atoms with Crippen LogP contribution in [0.4, 0.5) is 0 Å². The molecule has 33 rings (SSSR count). The van der Waals surface area contributed by atoms with Gasteiger partial charge in [-0.1, -0.05) is 419 Å². The van der Waals surface area contributed by atoms with Crippen molar-refractivity contribution in [1.82, 2.24) is 4.57 Å². The van der Waals surface area contributed by atoms with Gasteiger partial charge in [0, 0.05) is 53.0 Å². The Hall–Kier alpha value is -17.1. The lowest BCUT2D eigenvalue weighted by atomic mass is 9.70. The molecule has 5 heterocycles. The van der Waals surface area contributed by atoms with E-state index in [9.17, 15) is 0 Å². The molecule has 2 atom stereocenters. The predicted octanol–water partition coefficient (Wildman–Crippen LogP) is 32.3. The fourth-order valence-electron chi connectivity index (χ4n) is 27.2. The van der Waals surface area contributed by atoms with Gasteiger partial charge in [0.25, 0.3) is 0 Å². The second-order valence-electron chi connectivity index (χ2n) is 39.1. The Morgan fingerprint density at radius 2 is 0.550 bits per heavy atom. The summed E-state index contributed by atoms with van der Waals surface area (Å²) in [5.41, 5.74) is 53.3. The Kier molecular flexibility index (Phi) is 16.4. The van der Waals surface area contributed by atoms with Crippen LogP contribution in [0.15, 0.2) is 484 Å². The minimum Gasteiger partial charge on any atom is -0.455 e. The smallest absolute Gasteiger partial charge is 0.182 e.